The molecule has 0 bridgehead atoms. The molecule has 1 heterocycles. The molecule has 0 aromatic rings. The number of hydrogen-bond acceptors (Lipinski definition) is 0. The zero-order valence-corrected chi connectivity index (χ0v) is 11.4. The Bertz CT molecular complexity index is 203. The molecule has 0 amide bonds. The average Bonchev–Trinajstić information content (AvgIpc) is 2.08. The van der Waals surface area contributed by atoms with Crippen LogP contribution in [0.15, 0.2) is 12.2 Å². The summed E-state index contributed by atoms with van der Waals surface area (Å²) in [7, 11) is 0.585. The highest BCUT2D eigenvalue weighted by Crippen LogP contribution is 2.34. The lowest BCUT2D eigenvalue weighted by Gasteiger charge is -2.22. The molecule has 0 saturated carbocycles. The van der Waals surface area contributed by atoms with Gasteiger partial charge in [0.1, 0.15) is 16.8 Å². The van der Waals surface area contributed by atoms with Crippen LogP contribution in [0.25, 0.3) is 0 Å². The lowest BCUT2D eigenvalue weighted by molar-refractivity contribution is 0.531. The molecule has 1 rings (SSSR count). The van der Waals surface area contributed by atoms with E-state index in [1.165, 1.54) is 11.5 Å². The Morgan fingerprint density at radius 3 is 1.57 bits per heavy atom. The quantitative estimate of drug-likeness (QED) is 0.461. The van der Waals surface area contributed by atoms with Crippen LogP contribution in [0.4, 0.5) is 0 Å². The standard InChI is InChI=1S/C13H25S/c1-11(2)14-9-12(3,4)7-8-13(5,6)10-14/h7-8,11H,9-10H2,1-6H3/q+1. The molecular formula is C13H25S+. The summed E-state index contributed by atoms with van der Waals surface area (Å²) in [5.74, 6) is 2.73. The molecule has 0 aromatic heterocycles. The van der Waals surface area contributed by atoms with E-state index < -0.39 is 0 Å². The van der Waals surface area contributed by atoms with Crippen molar-refractivity contribution in [3.05, 3.63) is 12.2 Å². The topological polar surface area (TPSA) is 0 Å². The average molecular weight is 213 g/mol. The molecule has 1 heteroatoms. The first kappa shape index (κ1) is 12.2. The first-order chi connectivity index (χ1) is 6.22. The number of hydrogen-bond donors (Lipinski definition) is 0. The zero-order chi connectivity index (χ0) is 11.0. The van der Waals surface area contributed by atoms with E-state index in [9.17, 15) is 0 Å². The minimum atomic E-state index is 0.404. The molecule has 0 spiro atoms. The molecule has 14 heavy (non-hydrogen) atoms. The maximum atomic E-state index is 2.43. The molecule has 1 aliphatic heterocycles. The van der Waals surface area contributed by atoms with Crippen LogP contribution in [-0.4, -0.2) is 16.8 Å². The zero-order valence-electron chi connectivity index (χ0n) is 10.6. The van der Waals surface area contributed by atoms with Gasteiger partial charge < -0.3 is 0 Å². The van der Waals surface area contributed by atoms with Crippen molar-refractivity contribution in [1.82, 2.24) is 0 Å². The molecule has 0 aromatic carbocycles. The largest absolute Gasteiger partial charge is 0.116 e. The van der Waals surface area contributed by atoms with Crippen LogP contribution in [0.3, 0.4) is 0 Å². The van der Waals surface area contributed by atoms with Gasteiger partial charge in [-0.1, -0.05) is 39.8 Å². The van der Waals surface area contributed by atoms with Crippen LogP contribution in [0.2, 0.25) is 0 Å². The van der Waals surface area contributed by atoms with Crippen LogP contribution in [0, 0.1) is 10.8 Å². The summed E-state index contributed by atoms with van der Waals surface area (Å²) < 4.78 is 0. The second-order valence-corrected chi connectivity index (χ2v) is 8.78. The van der Waals surface area contributed by atoms with Crippen molar-refractivity contribution >= 4 is 10.9 Å². The monoisotopic (exact) mass is 213 g/mol. The summed E-state index contributed by atoms with van der Waals surface area (Å²) in [5, 5.41) is 0.841. The highest BCUT2D eigenvalue weighted by Gasteiger charge is 2.38. The van der Waals surface area contributed by atoms with Gasteiger partial charge in [-0.2, -0.15) is 0 Å². The normalized spacial score (nSPS) is 26.5. The van der Waals surface area contributed by atoms with Crippen LogP contribution >= 0.6 is 0 Å². The lowest BCUT2D eigenvalue weighted by atomic mass is 9.89. The maximum Gasteiger partial charge on any atom is 0.116 e. The van der Waals surface area contributed by atoms with Gasteiger partial charge in [-0.25, -0.2) is 0 Å². The molecule has 0 unspecified atom stereocenters. The SMILES string of the molecule is CC(C)[S+]1CC(C)(C)C=CC(C)(C)C1. The minimum absolute atomic E-state index is 0.404. The van der Waals surface area contributed by atoms with Gasteiger partial charge in [0.25, 0.3) is 0 Å². The third-order valence-corrected chi connectivity index (χ3v) is 6.33. The highest BCUT2D eigenvalue weighted by atomic mass is 32.2. The second-order valence-electron chi connectivity index (χ2n) is 6.19. The summed E-state index contributed by atoms with van der Waals surface area (Å²) in [5.41, 5.74) is 0.808. The van der Waals surface area contributed by atoms with Gasteiger partial charge in [0.15, 0.2) is 0 Å². The molecule has 82 valence electrons. The summed E-state index contributed by atoms with van der Waals surface area (Å²) in [6, 6.07) is 0. The summed E-state index contributed by atoms with van der Waals surface area (Å²) in [6.45, 7) is 14.2. The van der Waals surface area contributed by atoms with Crippen molar-refractivity contribution in [2.45, 2.75) is 46.8 Å². The number of rotatable bonds is 1. The number of allylic oxidation sites excluding steroid dienone is 2. The summed E-state index contributed by atoms with van der Waals surface area (Å²) in [4.78, 5) is 0. The van der Waals surface area contributed by atoms with Crippen molar-refractivity contribution in [3.63, 3.8) is 0 Å². The molecule has 0 nitrogen and oxygen atoms in total. The van der Waals surface area contributed by atoms with Crippen LogP contribution < -0.4 is 0 Å². The van der Waals surface area contributed by atoms with Crippen LogP contribution in [-0.2, 0) is 10.9 Å². The van der Waals surface area contributed by atoms with E-state index in [-0.39, 0.29) is 0 Å². The fourth-order valence-electron chi connectivity index (χ4n) is 1.89. The van der Waals surface area contributed by atoms with Gasteiger partial charge in [-0.3, -0.25) is 0 Å². The Balaban J connectivity index is 2.86. The first-order valence-electron chi connectivity index (χ1n) is 5.59. The van der Waals surface area contributed by atoms with Gasteiger partial charge in [-0.15, -0.1) is 0 Å². The third-order valence-electron chi connectivity index (χ3n) is 2.77. The Hall–Kier alpha value is 0.0900. The van der Waals surface area contributed by atoms with Gasteiger partial charge in [-0.05, 0) is 24.7 Å². The molecular weight excluding hydrogens is 188 g/mol. The van der Waals surface area contributed by atoms with Crippen LogP contribution in [0.1, 0.15) is 41.5 Å². The smallest absolute Gasteiger partial charge is 0.0775 e. The van der Waals surface area contributed by atoms with E-state index in [2.05, 4.69) is 53.7 Å². The van der Waals surface area contributed by atoms with Crippen molar-refractivity contribution in [1.29, 1.82) is 0 Å². The Morgan fingerprint density at radius 2 is 1.29 bits per heavy atom. The minimum Gasteiger partial charge on any atom is -0.0775 e. The Kier molecular flexibility index (Phi) is 3.41. The summed E-state index contributed by atoms with van der Waals surface area (Å²) >= 11 is 0. The Morgan fingerprint density at radius 1 is 0.929 bits per heavy atom. The van der Waals surface area contributed by atoms with Crippen LogP contribution in [0.5, 0.6) is 0 Å². The van der Waals surface area contributed by atoms with Gasteiger partial charge >= 0.3 is 0 Å². The second kappa shape index (κ2) is 3.92. The van der Waals surface area contributed by atoms with E-state index in [1.807, 2.05) is 0 Å². The lowest BCUT2D eigenvalue weighted by Crippen LogP contribution is -2.32. The van der Waals surface area contributed by atoms with Crippen molar-refractivity contribution < 1.29 is 0 Å². The first-order valence-corrected chi connectivity index (χ1v) is 7.21. The molecule has 1 aliphatic rings. The van der Waals surface area contributed by atoms with E-state index in [4.69, 9.17) is 0 Å². The molecule has 0 atom stereocenters. The van der Waals surface area contributed by atoms with E-state index in [0.717, 1.165) is 5.25 Å². The van der Waals surface area contributed by atoms with Gasteiger partial charge in [0, 0.05) is 10.8 Å². The maximum absolute atomic E-state index is 2.43. The highest BCUT2D eigenvalue weighted by molar-refractivity contribution is 7.97. The molecule has 0 fully saturated rings. The van der Waals surface area contributed by atoms with Crippen molar-refractivity contribution in [2.24, 2.45) is 10.8 Å². The van der Waals surface area contributed by atoms with Gasteiger partial charge in [0.2, 0.25) is 0 Å². The van der Waals surface area contributed by atoms with Crippen molar-refractivity contribution in [2.75, 3.05) is 11.5 Å². The van der Waals surface area contributed by atoms with Gasteiger partial charge in [0.05, 0.1) is 0 Å². The molecule has 0 N–H and O–H groups in total. The third kappa shape index (κ3) is 3.34. The Labute approximate surface area is 92.5 Å². The molecule has 0 aliphatic carbocycles. The van der Waals surface area contributed by atoms with Crippen molar-refractivity contribution in [3.8, 4) is 0 Å². The molecule has 0 saturated heterocycles. The predicted molar refractivity (Wildman–Crippen MR) is 68.9 cm³/mol. The fourth-order valence-corrected chi connectivity index (χ4v) is 4.76. The van der Waals surface area contributed by atoms with E-state index in [0.29, 0.717) is 21.7 Å². The summed E-state index contributed by atoms with van der Waals surface area (Å²) in [6.07, 6.45) is 4.87. The predicted octanol–water partition coefficient (Wildman–Crippen LogP) is 3.64. The molecule has 0 radical (unpaired) electrons. The van der Waals surface area contributed by atoms with E-state index >= 15 is 0 Å². The van der Waals surface area contributed by atoms with E-state index in [1.54, 1.807) is 0 Å². The fraction of sp³-hybridized carbons (Fsp3) is 0.846.